The monoisotopic (exact) mass is 386 g/mol. The van der Waals surface area contributed by atoms with Crippen LogP contribution < -0.4 is 5.32 Å². The van der Waals surface area contributed by atoms with Crippen molar-refractivity contribution in [1.29, 1.82) is 0 Å². The van der Waals surface area contributed by atoms with Gasteiger partial charge >= 0.3 is 5.97 Å². The summed E-state index contributed by atoms with van der Waals surface area (Å²) in [6, 6.07) is 0. The number of ether oxygens (including phenoxy) is 1. The normalized spacial score (nSPS) is 15.8. The van der Waals surface area contributed by atoms with E-state index in [4.69, 9.17) is 4.74 Å². The molecule has 2 rings (SSSR count). The molecule has 1 fully saturated rings. The fraction of sp³-hybridized carbons (Fsp3) is 0.429. The molecule has 7 nitrogen and oxygen atoms in total. The van der Waals surface area contributed by atoms with Gasteiger partial charge in [-0.25, -0.2) is 4.79 Å². The molecule has 0 spiro atoms. The Morgan fingerprint density at radius 3 is 3.12 bits per heavy atom. The first-order chi connectivity index (χ1) is 11.6. The number of carbonyl (C=O) groups is 2. The maximum Gasteiger partial charge on any atom is 0.333 e. The Hall–Kier alpha value is -1.52. The zero-order valence-corrected chi connectivity index (χ0v) is 15.6. The van der Waals surface area contributed by atoms with Crippen molar-refractivity contribution in [2.45, 2.75) is 11.3 Å². The first-order valence-electron chi connectivity index (χ1n) is 7.26. The van der Waals surface area contributed by atoms with Crippen LogP contribution in [0.2, 0.25) is 0 Å². The van der Waals surface area contributed by atoms with Crippen LogP contribution in [0.1, 0.15) is 6.92 Å². The molecule has 10 heteroatoms. The number of nitrogens with one attached hydrogen (secondary N) is 1. The molecule has 0 radical (unpaired) electrons. The summed E-state index contributed by atoms with van der Waals surface area (Å²) in [5.41, 5.74) is 0. The van der Waals surface area contributed by atoms with E-state index in [9.17, 15) is 9.59 Å². The van der Waals surface area contributed by atoms with Crippen LogP contribution in [0.5, 0.6) is 0 Å². The van der Waals surface area contributed by atoms with Gasteiger partial charge in [0.25, 0.3) is 0 Å². The number of anilines is 1. The van der Waals surface area contributed by atoms with Crippen molar-refractivity contribution >= 4 is 51.9 Å². The lowest BCUT2D eigenvalue weighted by Crippen LogP contribution is -2.27. The van der Waals surface area contributed by atoms with E-state index in [0.29, 0.717) is 36.2 Å². The van der Waals surface area contributed by atoms with Crippen LogP contribution in [0.4, 0.5) is 5.13 Å². The zero-order chi connectivity index (χ0) is 17.4. The lowest BCUT2D eigenvalue weighted by atomic mass is 10.5. The van der Waals surface area contributed by atoms with Crippen molar-refractivity contribution in [1.82, 2.24) is 15.1 Å². The van der Waals surface area contributed by atoms with Crippen LogP contribution in [-0.4, -0.2) is 58.2 Å². The van der Waals surface area contributed by atoms with Gasteiger partial charge in [-0.15, -0.1) is 16.8 Å². The summed E-state index contributed by atoms with van der Waals surface area (Å²) in [5.74, 6) is 0.601. The van der Waals surface area contributed by atoms with E-state index in [-0.39, 0.29) is 5.91 Å². The van der Waals surface area contributed by atoms with Crippen LogP contribution in [0.3, 0.4) is 0 Å². The number of esters is 1. The molecule has 0 unspecified atom stereocenters. The largest absolute Gasteiger partial charge is 0.463 e. The minimum absolute atomic E-state index is 0.00162. The zero-order valence-electron chi connectivity index (χ0n) is 13.2. The number of hydrogen-bond donors (Lipinski definition) is 1. The van der Waals surface area contributed by atoms with Crippen molar-refractivity contribution in [3.8, 4) is 0 Å². The highest BCUT2D eigenvalue weighted by atomic mass is 32.2. The molecule has 2 heterocycles. The Morgan fingerprint density at radius 2 is 2.38 bits per heavy atom. The number of carbonyl (C=O) groups excluding carboxylic acids is 2. The number of aromatic nitrogens is 2. The average Bonchev–Trinajstić information content (AvgIpc) is 3.14. The molecule has 1 amide bonds. The maximum atomic E-state index is 11.9. The first-order valence-corrected chi connectivity index (χ1v) is 10.1. The van der Waals surface area contributed by atoms with Crippen molar-refractivity contribution in [3.63, 3.8) is 0 Å². The highest BCUT2D eigenvalue weighted by Crippen LogP contribution is 2.30. The lowest BCUT2D eigenvalue weighted by Gasteiger charge is -2.16. The van der Waals surface area contributed by atoms with Gasteiger partial charge in [-0.1, -0.05) is 40.9 Å². The van der Waals surface area contributed by atoms with Gasteiger partial charge in [0.15, 0.2) is 4.34 Å². The summed E-state index contributed by atoms with van der Waals surface area (Å²) in [6.07, 6.45) is 3.13. The third-order valence-corrected chi connectivity index (χ3v) is 5.80. The standard InChI is InChI=1S/C14H18N4O3S3/c1-3-5-15-13-16-17-14(24-13)22-7-6-18-10(19)9-23-11(18)8-12(20)21-4-2/h3,8H,1,4-7,9H2,2H3,(H,15,16)/b11-8-. The van der Waals surface area contributed by atoms with E-state index >= 15 is 0 Å². The topological polar surface area (TPSA) is 84.4 Å². The number of thioether (sulfide) groups is 2. The van der Waals surface area contributed by atoms with E-state index in [2.05, 4.69) is 22.1 Å². The molecule has 130 valence electrons. The predicted octanol–water partition coefficient (Wildman–Crippen LogP) is 2.21. The first kappa shape index (κ1) is 18.8. The van der Waals surface area contributed by atoms with Gasteiger partial charge in [0.1, 0.15) is 0 Å². The van der Waals surface area contributed by atoms with E-state index in [1.54, 1.807) is 17.9 Å². The Bertz CT molecular complexity index is 633. The van der Waals surface area contributed by atoms with Crippen molar-refractivity contribution in [2.24, 2.45) is 0 Å². The van der Waals surface area contributed by atoms with E-state index < -0.39 is 5.97 Å². The predicted molar refractivity (Wildman–Crippen MR) is 98.2 cm³/mol. The molecule has 0 saturated carbocycles. The van der Waals surface area contributed by atoms with Crippen LogP contribution in [0, 0.1) is 0 Å². The Balaban J connectivity index is 1.85. The quantitative estimate of drug-likeness (QED) is 0.299. The van der Waals surface area contributed by atoms with Crippen LogP contribution in [0.15, 0.2) is 28.1 Å². The molecule has 0 aromatic carbocycles. The molecular formula is C14H18N4O3S3. The fourth-order valence-corrected chi connectivity index (χ4v) is 4.49. The van der Waals surface area contributed by atoms with Gasteiger partial charge in [0, 0.05) is 18.8 Å². The average molecular weight is 387 g/mol. The van der Waals surface area contributed by atoms with Crippen LogP contribution in [-0.2, 0) is 14.3 Å². The van der Waals surface area contributed by atoms with E-state index in [0.717, 1.165) is 9.47 Å². The highest BCUT2D eigenvalue weighted by molar-refractivity contribution is 8.04. The van der Waals surface area contributed by atoms with Gasteiger partial charge in [-0.05, 0) is 6.92 Å². The summed E-state index contributed by atoms with van der Waals surface area (Å²) in [4.78, 5) is 25.1. The van der Waals surface area contributed by atoms with E-state index in [1.807, 2.05) is 0 Å². The molecule has 1 aliphatic rings. The molecule has 0 atom stereocenters. The molecule has 0 aliphatic carbocycles. The van der Waals surface area contributed by atoms with Crippen molar-refractivity contribution < 1.29 is 14.3 Å². The second-order valence-corrected chi connectivity index (χ2v) is 7.78. The molecule has 0 bridgehead atoms. The minimum atomic E-state index is -0.422. The fourth-order valence-electron chi connectivity index (χ4n) is 1.78. The molecule has 1 N–H and O–H groups in total. The summed E-state index contributed by atoms with van der Waals surface area (Å²) in [7, 11) is 0. The molecule has 1 aromatic rings. The third kappa shape index (κ3) is 5.53. The van der Waals surface area contributed by atoms with Crippen LogP contribution in [0.25, 0.3) is 0 Å². The molecule has 1 saturated heterocycles. The van der Waals surface area contributed by atoms with Gasteiger partial charge < -0.3 is 15.0 Å². The highest BCUT2D eigenvalue weighted by Gasteiger charge is 2.27. The Kier molecular flexibility index (Phi) is 7.60. The Labute approximate surface area is 152 Å². The lowest BCUT2D eigenvalue weighted by molar-refractivity contribution is -0.137. The van der Waals surface area contributed by atoms with Gasteiger partial charge in [-0.2, -0.15) is 0 Å². The minimum Gasteiger partial charge on any atom is -0.463 e. The maximum absolute atomic E-state index is 11.9. The summed E-state index contributed by atoms with van der Waals surface area (Å²) in [6.45, 7) is 6.85. The SMILES string of the molecule is C=CCNc1nnc(SCCN2C(=O)CS/C2=C\C(=O)OCC)s1. The molecule has 1 aromatic heterocycles. The van der Waals surface area contributed by atoms with Gasteiger partial charge in [0.2, 0.25) is 11.0 Å². The smallest absolute Gasteiger partial charge is 0.333 e. The summed E-state index contributed by atoms with van der Waals surface area (Å²) >= 11 is 4.34. The number of amides is 1. The molecule has 1 aliphatic heterocycles. The number of hydrogen-bond acceptors (Lipinski definition) is 9. The summed E-state index contributed by atoms with van der Waals surface area (Å²) in [5, 5.41) is 12.6. The third-order valence-electron chi connectivity index (χ3n) is 2.78. The molecular weight excluding hydrogens is 368 g/mol. The van der Waals surface area contributed by atoms with Gasteiger partial charge in [0.05, 0.1) is 23.5 Å². The Morgan fingerprint density at radius 1 is 1.54 bits per heavy atom. The second-order valence-electron chi connectivity index (χ2n) is 4.46. The van der Waals surface area contributed by atoms with Gasteiger partial charge in [-0.3, -0.25) is 4.79 Å². The number of rotatable bonds is 9. The number of nitrogens with zero attached hydrogens (tertiary/aromatic N) is 3. The van der Waals surface area contributed by atoms with Crippen molar-refractivity contribution in [3.05, 3.63) is 23.8 Å². The second kappa shape index (κ2) is 9.70. The summed E-state index contributed by atoms with van der Waals surface area (Å²) < 4.78 is 5.72. The molecule has 24 heavy (non-hydrogen) atoms. The van der Waals surface area contributed by atoms with Crippen molar-refractivity contribution in [2.75, 3.05) is 36.5 Å². The van der Waals surface area contributed by atoms with E-state index in [1.165, 1.54) is 40.9 Å². The van der Waals surface area contributed by atoms with Crippen LogP contribution >= 0.6 is 34.9 Å².